The summed E-state index contributed by atoms with van der Waals surface area (Å²) in [7, 11) is -4.68. The third-order valence-electron chi connectivity index (χ3n) is 4.25. The summed E-state index contributed by atoms with van der Waals surface area (Å²) in [6.07, 6.45) is 0.306. The first kappa shape index (κ1) is 20.0. The molecule has 7 nitrogen and oxygen atoms in total. The second-order valence-electron chi connectivity index (χ2n) is 6.33. The number of nitrogens with one attached hydrogen (secondary N) is 1. The van der Waals surface area contributed by atoms with Crippen molar-refractivity contribution in [3.05, 3.63) is 77.9 Å². The van der Waals surface area contributed by atoms with Gasteiger partial charge in [0.2, 0.25) is 0 Å². The number of amides is 1. The van der Waals surface area contributed by atoms with Crippen LogP contribution in [0.2, 0.25) is 0 Å². The molecule has 1 atom stereocenters. The summed E-state index contributed by atoms with van der Waals surface area (Å²) in [6, 6.07) is 18.8. The summed E-state index contributed by atoms with van der Waals surface area (Å²) in [5.41, 5.74) is 0.942. The van der Waals surface area contributed by atoms with Gasteiger partial charge in [-0.2, -0.15) is 0 Å². The number of aromatic hydroxyl groups is 1. The fraction of sp³-hybridized carbons (Fsp3) is 0.150. The van der Waals surface area contributed by atoms with Crippen molar-refractivity contribution in [3.63, 3.8) is 0 Å². The molecule has 0 fully saturated rings. The van der Waals surface area contributed by atoms with Crippen molar-refractivity contribution in [2.45, 2.75) is 12.5 Å². The number of fused-ring (bicyclic) bond motifs is 1. The van der Waals surface area contributed by atoms with Gasteiger partial charge in [0.05, 0.1) is 18.2 Å². The zero-order chi connectivity index (χ0) is 20.1. The van der Waals surface area contributed by atoms with Crippen molar-refractivity contribution in [1.82, 2.24) is 5.32 Å². The number of hydrogen-bond donors (Lipinski definition) is 4. The molecular weight excluding hydrogens is 381 g/mol. The van der Waals surface area contributed by atoms with Crippen LogP contribution in [0, 0.1) is 0 Å². The second-order valence-corrected chi connectivity index (χ2v) is 7.57. The van der Waals surface area contributed by atoms with Crippen molar-refractivity contribution in [2.75, 3.05) is 6.61 Å². The first-order valence-electron chi connectivity index (χ1n) is 8.59. The quantitative estimate of drug-likeness (QED) is 0.453. The highest BCUT2D eigenvalue weighted by molar-refractivity contribution is 7.46. The molecule has 0 saturated heterocycles. The predicted molar refractivity (Wildman–Crippen MR) is 105 cm³/mol. The molecule has 0 radical (unpaired) electrons. The van der Waals surface area contributed by atoms with Crippen LogP contribution in [0.5, 0.6) is 5.75 Å². The SMILES string of the molecule is O=C(N[C@@H](COP(=O)(O)O)Cc1ccccc1)c1ccc2ccccc2c1O. The van der Waals surface area contributed by atoms with E-state index >= 15 is 0 Å². The maximum absolute atomic E-state index is 12.7. The topological polar surface area (TPSA) is 116 Å². The molecular formula is C20H20NO6P. The monoisotopic (exact) mass is 401 g/mol. The lowest BCUT2D eigenvalue weighted by atomic mass is 10.0. The molecule has 0 spiro atoms. The predicted octanol–water partition coefficient (Wildman–Crippen LogP) is 3.00. The van der Waals surface area contributed by atoms with E-state index in [2.05, 4.69) is 9.84 Å². The maximum atomic E-state index is 12.7. The van der Waals surface area contributed by atoms with Crippen molar-refractivity contribution in [2.24, 2.45) is 0 Å². The van der Waals surface area contributed by atoms with Gasteiger partial charge in [-0.1, -0.05) is 60.7 Å². The molecule has 146 valence electrons. The molecule has 0 aromatic heterocycles. The Bertz CT molecular complexity index is 1020. The summed E-state index contributed by atoms with van der Waals surface area (Å²) in [4.78, 5) is 30.7. The maximum Gasteiger partial charge on any atom is 0.469 e. The smallest absolute Gasteiger partial charge is 0.469 e. The van der Waals surface area contributed by atoms with E-state index in [1.807, 2.05) is 42.5 Å². The van der Waals surface area contributed by atoms with E-state index in [1.54, 1.807) is 18.2 Å². The number of phenols is 1. The Morgan fingerprint density at radius 2 is 1.68 bits per heavy atom. The molecule has 0 heterocycles. The second kappa shape index (κ2) is 8.54. The minimum atomic E-state index is -4.68. The van der Waals surface area contributed by atoms with E-state index < -0.39 is 19.8 Å². The lowest BCUT2D eigenvalue weighted by molar-refractivity contribution is 0.0907. The Morgan fingerprint density at radius 1 is 1.00 bits per heavy atom. The minimum Gasteiger partial charge on any atom is -0.506 e. The molecule has 0 aliphatic rings. The van der Waals surface area contributed by atoms with Crippen LogP contribution in [0.1, 0.15) is 15.9 Å². The van der Waals surface area contributed by atoms with Gasteiger partial charge >= 0.3 is 7.82 Å². The molecule has 8 heteroatoms. The lowest BCUT2D eigenvalue weighted by Crippen LogP contribution is -2.39. The number of carbonyl (C=O) groups is 1. The van der Waals surface area contributed by atoms with Crippen molar-refractivity contribution in [3.8, 4) is 5.75 Å². The van der Waals surface area contributed by atoms with E-state index in [-0.39, 0.29) is 17.9 Å². The molecule has 3 rings (SSSR count). The number of phosphoric ester groups is 1. The van der Waals surface area contributed by atoms with Gasteiger partial charge in [0.1, 0.15) is 5.75 Å². The third kappa shape index (κ3) is 5.18. The van der Waals surface area contributed by atoms with E-state index in [0.717, 1.165) is 10.9 Å². The number of phenolic OH excluding ortho intramolecular Hbond substituents is 1. The molecule has 0 aliphatic heterocycles. The number of rotatable bonds is 7. The summed E-state index contributed by atoms with van der Waals surface area (Å²) in [6.45, 7) is -0.376. The first-order valence-corrected chi connectivity index (χ1v) is 10.1. The fourth-order valence-electron chi connectivity index (χ4n) is 2.94. The van der Waals surface area contributed by atoms with Crippen LogP contribution >= 0.6 is 7.82 Å². The first-order chi connectivity index (χ1) is 13.3. The molecule has 28 heavy (non-hydrogen) atoms. The summed E-state index contributed by atoms with van der Waals surface area (Å²) < 4.78 is 15.7. The molecule has 0 unspecified atom stereocenters. The standard InChI is InChI=1S/C20H20NO6P/c22-19-17-9-5-4-8-15(17)10-11-18(19)20(23)21-16(13-27-28(24,25)26)12-14-6-2-1-3-7-14/h1-11,16,22H,12-13H2,(H,21,23)(H2,24,25,26)/t16-/m1/s1. The van der Waals surface area contributed by atoms with Gasteiger partial charge in [-0.25, -0.2) is 4.57 Å². The van der Waals surface area contributed by atoms with Crippen molar-refractivity contribution in [1.29, 1.82) is 0 Å². The fourth-order valence-corrected chi connectivity index (χ4v) is 3.31. The van der Waals surface area contributed by atoms with Crippen molar-refractivity contribution < 1.29 is 28.8 Å². The van der Waals surface area contributed by atoms with Crippen LogP contribution in [-0.4, -0.2) is 33.4 Å². The number of benzene rings is 3. The van der Waals surface area contributed by atoms with Crippen LogP contribution in [0.3, 0.4) is 0 Å². The van der Waals surface area contributed by atoms with Crippen LogP contribution in [0.15, 0.2) is 66.7 Å². The highest BCUT2D eigenvalue weighted by Gasteiger charge is 2.22. The zero-order valence-electron chi connectivity index (χ0n) is 14.9. The zero-order valence-corrected chi connectivity index (χ0v) is 15.8. The van der Waals surface area contributed by atoms with Crippen LogP contribution in [-0.2, 0) is 15.5 Å². The average Bonchev–Trinajstić information content (AvgIpc) is 2.67. The Hall–Kier alpha value is -2.70. The molecule has 4 N–H and O–H groups in total. The third-order valence-corrected chi connectivity index (χ3v) is 4.73. The van der Waals surface area contributed by atoms with Gasteiger partial charge in [0, 0.05) is 5.39 Å². The van der Waals surface area contributed by atoms with Gasteiger partial charge in [0.25, 0.3) is 5.91 Å². The minimum absolute atomic E-state index is 0.0768. The molecule has 0 bridgehead atoms. The van der Waals surface area contributed by atoms with E-state index in [1.165, 1.54) is 6.07 Å². The van der Waals surface area contributed by atoms with Crippen LogP contribution in [0.4, 0.5) is 0 Å². The van der Waals surface area contributed by atoms with Gasteiger partial charge in [-0.3, -0.25) is 9.32 Å². The van der Waals surface area contributed by atoms with Gasteiger partial charge < -0.3 is 20.2 Å². The molecule has 3 aromatic carbocycles. The normalized spacial score (nSPS) is 12.6. The van der Waals surface area contributed by atoms with E-state index in [4.69, 9.17) is 9.79 Å². The van der Waals surface area contributed by atoms with Gasteiger partial charge in [-0.15, -0.1) is 0 Å². The number of phosphoric acid groups is 1. The molecule has 0 aliphatic carbocycles. The highest BCUT2D eigenvalue weighted by atomic mass is 31.2. The van der Waals surface area contributed by atoms with E-state index in [9.17, 15) is 14.5 Å². The molecule has 3 aromatic rings. The number of hydrogen-bond acceptors (Lipinski definition) is 4. The largest absolute Gasteiger partial charge is 0.506 e. The summed E-state index contributed by atoms with van der Waals surface area (Å²) in [5, 5.41) is 14.5. The van der Waals surface area contributed by atoms with Crippen LogP contribution in [0.25, 0.3) is 10.8 Å². The van der Waals surface area contributed by atoms with Crippen LogP contribution < -0.4 is 5.32 Å². The Kier molecular flexibility index (Phi) is 6.11. The average molecular weight is 401 g/mol. The Labute approximate surface area is 161 Å². The summed E-state index contributed by atoms with van der Waals surface area (Å²) in [5.74, 6) is -0.705. The van der Waals surface area contributed by atoms with E-state index in [0.29, 0.717) is 11.8 Å². The van der Waals surface area contributed by atoms with Gasteiger partial charge in [-0.05, 0) is 23.4 Å². The Morgan fingerprint density at radius 3 is 2.39 bits per heavy atom. The Balaban J connectivity index is 1.81. The lowest BCUT2D eigenvalue weighted by Gasteiger charge is -2.20. The molecule has 0 saturated carbocycles. The molecule has 1 amide bonds. The summed E-state index contributed by atoms with van der Waals surface area (Å²) >= 11 is 0. The van der Waals surface area contributed by atoms with Gasteiger partial charge in [0.15, 0.2) is 0 Å². The number of carbonyl (C=O) groups excluding carboxylic acids is 1. The van der Waals surface area contributed by atoms with Crippen molar-refractivity contribution >= 4 is 24.5 Å². The highest BCUT2D eigenvalue weighted by Crippen LogP contribution is 2.36.